The highest BCUT2D eigenvalue weighted by Gasteiger charge is 2.13. The fourth-order valence-electron chi connectivity index (χ4n) is 3.57. The summed E-state index contributed by atoms with van der Waals surface area (Å²) in [6, 6.07) is 29.2. The van der Waals surface area contributed by atoms with Crippen molar-refractivity contribution < 1.29 is 4.74 Å². The van der Waals surface area contributed by atoms with Crippen LogP contribution in [0.4, 0.5) is 11.4 Å². The molecule has 162 valence electrons. The normalized spacial score (nSPS) is 11.9. The van der Waals surface area contributed by atoms with Gasteiger partial charge in [0.25, 0.3) is 0 Å². The largest absolute Gasteiger partial charge is 0.492 e. The van der Waals surface area contributed by atoms with Crippen LogP contribution >= 0.6 is 0 Å². The van der Waals surface area contributed by atoms with Crippen LogP contribution in [0.15, 0.2) is 89.9 Å². The number of anilines is 1. The van der Waals surface area contributed by atoms with E-state index in [9.17, 15) is 0 Å². The van der Waals surface area contributed by atoms with Crippen LogP contribution in [-0.2, 0) is 0 Å². The number of aliphatic imine (C=N–C) groups is 1. The number of nitrogens with zero attached hydrogens (tertiary/aromatic N) is 2. The highest BCUT2D eigenvalue weighted by atomic mass is 16.5. The Morgan fingerprint density at radius 1 is 0.839 bits per heavy atom. The Kier molecular flexibility index (Phi) is 8.25. The third kappa shape index (κ3) is 6.97. The first-order chi connectivity index (χ1) is 15.0. The summed E-state index contributed by atoms with van der Waals surface area (Å²) < 4.78 is 6.06. The van der Waals surface area contributed by atoms with Gasteiger partial charge in [-0.25, -0.2) is 4.99 Å². The molecule has 0 unspecified atom stereocenters. The second-order valence-electron chi connectivity index (χ2n) is 8.09. The zero-order valence-electron chi connectivity index (χ0n) is 19.0. The summed E-state index contributed by atoms with van der Waals surface area (Å²) in [4.78, 5) is 7.27. The van der Waals surface area contributed by atoms with Gasteiger partial charge in [-0.05, 0) is 52.0 Å². The summed E-state index contributed by atoms with van der Waals surface area (Å²) in [7, 11) is 0. The number of hydrogen-bond donors (Lipinski definition) is 1. The van der Waals surface area contributed by atoms with E-state index in [-0.39, 0.29) is 0 Å². The average Bonchev–Trinajstić information content (AvgIpc) is 2.77. The van der Waals surface area contributed by atoms with Crippen LogP contribution in [0.3, 0.4) is 0 Å². The first-order valence-corrected chi connectivity index (χ1v) is 11.0. The van der Waals surface area contributed by atoms with E-state index in [0.29, 0.717) is 18.7 Å². The van der Waals surface area contributed by atoms with Crippen molar-refractivity contribution in [1.29, 1.82) is 0 Å². The highest BCUT2D eigenvalue weighted by molar-refractivity contribution is 6.09. The Labute approximate surface area is 186 Å². The van der Waals surface area contributed by atoms with E-state index in [1.54, 1.807) is 0 Å². The van der Waals surface area contributed by atoms with Gasteiger partial charge in [0, 0.05) is 35.9 Å². The van der Waals surface area contributed by atoms with E-state index in [2.05, 4.69) is 50.0 Å². The second kappa shape index (κ2) is 11.3. The quantitative estimate of drug-likeness (QED) is 0.326. The van der Waals surface area contributed by atoms with Crippen molar-refractivity contribution in [2.75, 3.05) is 18.5 Å². The molecule has 0 bridgehead atoms. The molecule has 4 nitrogen and oxygen atoms in total. The molecule has 3 aromatic carbocycles. The summed E-state index contributed by atoms with van der Waals surface area (Å²) in [6.45, 7) is 10.5. The minimum Gasteiger partial charge on any atom is -0.492 e. The highest BCUT2D eigenvalue weighted by Crippen LogP contribution is 2.20. The van der Waals surface area contributed by atoms with E-state index in [4.69, 9.17) is 9.73 Å². The molecule has 1 N–H and O–H groups in total. The molecule has 0 radical (unpaired) electrons. The second-order valence-corrected chi connectivity index (χ2v) is 8.09. The molecule has 0 spiro atoms. The Morgan fingerprint density at radius 2 is 1.48 bits per heavy atom. The first kappa shape index (κ1) is 22.6. The summed E-state index contributed by atoms with van der Waals surface area (Å²) >= 11 is 0. The molecule has 0 saturated heterocycles. The zero-order valence-corrected chi connectivity index (χ0v) is 19.0. The van der Waals surface area contributed by atoms with Crippen molar-refractivity contribution in [3.63, 3.8) is 0 Å². The van der Waals surface area contributed by atoms with Crippen molar-refractivity contribution >= 4 is 17.2 Å². The average molecular weight is 416 g/mol. The minimum atomic E-state index is 0.499. The maximum atomic E-state index is 6.06. The Balaban J connectivity index is 1.73. The molecule has 0 aliphatic carbocycles. The summed E-state index contributed by atoms with van der Waals surface area (Å²) in [6.07, 6.45) is 0. The van der Waals surface area contributed by atoms with Crippen LogP contribution in [0.5, 0.6) is 5.75 Å². The fourth-order valence-corrected chi connectivity index (χ4v) is 3.57. The van der Waals surface area contributed by atoms with Crippen LogP contribution < -0.4 is 10.1 Å². The number of amidine groups is 1. The lowest BCUT2D eigenvalue weighted by atomic mass is 10.2. The van der Waals surface area contributed by atoms with Gasteiger partial charge < -0.3 is 10.1 Å². The number of hydrogen-bond acceptors (Lipinski definition) is 3. The molecule has 3 aromatic rings. The predicted molar refractivity (Wildman–Crippen MR) is 132 cm³/mol. The van der Waals surface area contributed by atoms with Gasteiger partial charge >= 0.3 is 0 Å². The maximum Gasteiger partial charge on any atom is 0.138 e. The van der Waals surface area contributed by atoms with Crippen molar-refractivity contribution in [3.05, 3.63) is 90.5 Å². The van der Waals surface area contributed by atoms with Crippen LogP contribution in [0.2, 0.25) is 0 Å². The van der Waals surface area contributed by atoms with Crippen LogP contribution in [0.1, 0.15) is 33.3 Å². The van der Waals surface area contributed by atoms with Crippen LogP contribution in [-0.4, -0.2) is 36.0 Å². The van der Waals surface area contributed by atoms with Gasteiger partial charge in [0.2, 0.25) is 0 Å². The smallest absolute Gasteiger partial charge is 0.138 e. The number of rotatable bonds is 9. The first-order valence-electron chi connectivity index (χ1n) is 11.0. The molecule has 0 fully saturated rings. The van der Waals surface area contributed by atoms with E-state index >= 15 is 0 Å². The Bertz CT molecular complexity index is 944. The molecule has 0 saturated carbocycles. The fraction of sp³-hybridized carbons (Fsp3) is 0.296. The van der Waals surface area contributed by atoms with E-state index < -0.39 is 0 Å². The molecular formula is C27H33N3O. The Morgan fingerprint density at radius 3 is 2.13 bits per heavy atom. The van der Waals surface area contributed by atoms with Crippen molar-refractivity contribution in [3.8, 4) is 5.75 Å². The Hall–Kier alpha value is -3.11. The molecule has 0 aromatic heterocycles. The van der Waals surface area contributed by atoms with Gasteiger partial charge in [0.15, 0.2) is 0 Å². The lowest BCUT2D eigenvalue weighted by Crippen LogP contribution is -2.39. The monoisotopic (exact) mass is 415 g/mol. The molecule has 3 rings (SSSR count). The van der Waals surface area contributed by atoms with Gasteiger partial charge in [-0.2, -0.15) is 0 Å². The van der Waals surface area contributed by atoms with E-state index in [1.165, 1.54) is 0 Å². The third-order valence-electron chi connectivity index (χ3n) is 5.09. The summed E-state index contributed by atoms with van der Waals surface area (Å²) in [5.74, 6) is 1.65. The molecule has 0 aliphatic heterocycles. The zero-order chi connectivity index (χ0) is 22.1. The van der Waals surface area contributed by atoms with Gasteiger partial charge in [0.05, 0.1) is 5.69 Å². The number of benzene rings is 3. The SMILES string of the molecule is CC(C)N(CCOc1cccc(NC(=Nc2ccccc2)c2ccccc2)c1)C(C)C. The molecule has 0 atom stereocenters. The maximum absolute atomic E-state index is 6.06. The lowest BCUT2D eigenvalue weighted by Gasteiger charge is -2.30. The van der Waals surface area contributed by atoms with Crippen molar-refractivity contribution in [1.82, 2.24) is 4.90 Å². The van der Waals surface area contributed by atoms with E-state index in [1.807, 2.05) is 72.8 Å². The van der Waals surface area contributed by atoms with Crippen molar-refractivity contribution in [2.24, 2.45) is 4.99 Å². The van der Waals surface area contributed by atoms with Gasteiger partial charge in [-0.3, -0.25) is 4.90 Å². The van der Waals surface area contributed by atoms with Crippen LogP contribution in [0.25, 0.3) is 0 Å². The number of nitrogens with one attached hydrogen (secondary N) is 1. The standard InChI is InChI=1S/C27H33N3O/c1-21(2)30(22(3)4)18-19-31-26-17-11-16-25(20-26)29-27(23-12-7-5-8-13-23)28-24-14-9-6-10-15-24/h5-17,20-22H,18-19H2,1-4H3,(H,28,29). The minimum absolute atomic E-state index is 0.499. The third-order valence-corrected chi connectivity index (χ3v) is 5.09. The summed E-state index contributed by atoms with van der Waals surface area (Å²) in [5, 5.41) is 3.48. The van der Waals surface area contributed by atoms with Crippen molar-refractivity contribution in [2.45, 2.75) is 39.8 Å². The number of ether oxygens (including phenoxy) is 1. The molecule has 31 heavy (non-hydrogen) atoms. The number of para-hydroxylation sites is 1. The van der Waals surface area contributed by atoms with Gasteiger partial charge in [-0.1, -0.05) is 54.6 Å². The molecule has 0 amide bonds. The predicted octanol–water partition coefficient (Wildman–Crippen LogP) is 6.37. The lowest BCUT2D eigenvalue weighted by molar-refractivity contribution is 0.142. The van der Waals surface area contributed by atoms with Crippen LogP contribution in [0, 0.1) is 0 Å². The molecule has 0 heterocycles. The summed E-state index contributed by atoms with van der Waals surface area (Å²) in [5.41, 5.74) is 2.88. The van der Waals surface area contributed by atoms with E-state index in [0.717, 1.165) is 35.1 Å². The molecule has 4 heteroatoms. The van der Waals surface area contributed by atoms with Gasteiger partial charge in [0.1, 0.15) is 18.2 Å². The molecule has 0 aliphatic rings. The topological polar surface area (TPSA) is 36.9 Å². The van der Waals surface area contributed by atoms with Gasteiger partial charge in [-0.15, -0.1) is 0 Å². The molecular weight excluding hydrogens is 382 g/mol.